The molecule has 0 aromatic heterocycles. The lowest BCUT2D eigenvalue weighted by Crippen LogP contribution is -2.60. The van der Waals surface area contributed by atoms with Crippen LogP contribution in [-0.2, 0) is 19.1 Å². The Morgan fingerprint density at radius 3 is 2.50 bits per heavy atom. The van der Waals surface area contributed by atoms with Gasteiger partial charge in [0.1, 0.15) is 24.7 Å². The highest BCUT2D eigenvalue weighted by Crippen LogP contribution is 2.26. The number of rotatable bonds is 8. The Morgan fingerprint density at radius 1 is 1.32 bits per heavy atom. The number of nitrogens with zero attached hydrogens (tertiary/aromatic N) is 1. The minimum absolute atomic E-state index is 0.00508. The van der Waals surface area contributed by atoms with Crippen LogP contribution in [0.5, 0.6) is 0 Å². The maximum atomic E-state index is 12.7. The van der Waals surface area contributed by atoms with E-state index in [0.29, 0.717) is 19.4 Å². The number of ether oxygens (including phenoxy) is 1. The number of alkyl halides is 3. The van der Waals surface area contributed by atoms with Gasteiger partial charge in [-0.15, -0.1) is 0 Å². The number of hydrogen-bond donors (Lipinski definition) is 3. The molecule has 0 aromatic rings. The highest BCUT2D eigenvalue weighted by molar-refractivity contribution is 6.67. The highest BCUT2D eigenvalue weighted by Gasteiger charge is 2.33. The lowest BCUT2D eigenvalue weighted by Gasteiger charge is -2.34. The highest BCUT2D eigenvalue weighted by atomic mass is 35.6. The van der Waals surface area contributed by atoms with Crippen molar-refractivity contribution in [1.29, 1.82) is 0 Å². The molecule has 28 heavy (non-hydrogen) atoms. The van der Waals surface area contributed by atoms with Crippen molar-refractivity contribution in [2.75, 3.05) is 13.2 Å². The lowest BCUT2D eigenvalue weighted by atomic mass is 10.0. The molecule has 2 amide bonds. The maximum absolute atomic E-state index is 12.7. The summed E-state index contributed by atoms with van der Waals surface area (Å²) in [5.74, 6) is -1.29. The van der Waals surface area contributed by atoms with E-state index in [1.807, 2.05) is 13.8 Å². The van der Waals surface area contributed by atoms with Gasteiger partial charge < -0.3 is 15.4 Å². The van der Waals surface area contributed by atoms with Crippen LogP contribution in [0, 0.1) is 5.92 Å². The number of carbonyl (C=O) groups excluding carboxylic acids is 3. The monoisotopic (exact) mass is 456 g/mol. The fourth-order valence-corrected chi connectivity index (χ4v) is 2.83. The van der Waals surface area contributed by atoms with E-state index in [1.54, 1.807) is 6.92 Å². The number of esters is 1. The molecule has 3 atom stereocenters. The van der Waals surface area contributed by atoms with Gasteiger partial charge in [-0.3, -0.25) is 19.4 Å². The molecule has 160 valence electrons. The Balaban J connectivity index is 2.63. The van der Waals surface area contributed by atoms with Gasteiger partial charge in [0.25, 0.3) is 5.91 Å². The van der Waals surface area contributed by atoms with E-state index >= 15 is 0 Å². The Kier molecular flexibility index (Phi) is 9.83. The Labute approximate surface area is 180 Å². The van der Waals surface area contributed by atoms with Gasteiger partial charge in [-0.25, -0.2) is 5.43 Å². The van der Waals surface area contributed by atoms with Crippen molar-refractivity contribution >= 4 is 52.6 Å². The summed E-state index contributed by atoms with van der Waals surface area (Å²) in [6.45, 7) is 8.92. The Hall–Kier alpha value is -1.22. The molecule has 0 aromatic carbocycles. The topological polar surface area (TPSA) is 99.8 Å². The first-order chi connectivity index (χ1) is 13.0. The van der Waals surface area contributed by atoms with E-state index in [-0.39, 0.29) is 24.3 Å². The zero-order chi connectivity index (χ0) is 21.5. The molecule has 8 nitrogen and oxygen atoms in total. The minimum Gasteiger partial charge on any atom is -0.460 e. The van der Waals surface area contributed by atoms with Crippen LogP contribution in [0.4, 0.5) is 0 Å². The van der Waals surface area contributed by atoms with Gasteiger partial charge in [-0.05, 0) is 31.9 Å². The first kappa shape index (κ1) is 24.8. The molecule has 1 fully saturated rings. The normalized spacial score (nSPS) is 19.5. The second-order valence-electron chi connectivity index (χ2n) is 6.86. The van der Waals surface area contributed by atoms with Gasteiger partial charge in [0, 0.05) is 6.54 Å². The number of carbonyl (C=O) groups is 3. The lowest BCUT2D eigenvalue weighted by molar-refractivity contribution is -0.152. The van der Waals surface area contributed by atoms with Crippen molar-refractivity contribution in [3.63, 3.8) is 0 Å². The van der Waals surface area contributed by atoms with Crippen LogP contribution in [-0.4, -0.2) is 57.9 Å². The molecule has 0 saturated carbocycles. The summed E-state index contributed by atoms with van der Waals surface area (Å²) >= 11 is 16.7. The quantitative estimate of drug-likeness (QED) is 0.379. The van der Waals surface area contributed by atoms with Crippen LogP contribution >= 0.6 is 34.8 Å². The van der Waals surface area contributed by atoms with E-state index in [9.17, 15) is 14.4 Å². The fourth-order valence-electron chi connectivity index (χ4n) is 2.67. The largest absolute Gasteiger partial charge is 0.460 e. The van der Waals surface area contributed by atoms with E-state index < -0.39 is 27.9 Å². The summed E-state index contributed by atoms with van der Waals surface area (Å²) in [5, 5.41) is 6.86. The van der Waals surface area contributed by atoms with Gasteiger partial charge in [0.2, 0.25) is 9.70 Å². The molecule has 0 bridgehead atoms. The fraction of sp³-hybridized carbons (Fsp3) is 0.706. The van der Waals surface area contributed by atoms with E-state index in [4.69, 9.17) is 39.5 Å². The molecular weight excluding hydrogens is 431 g/mol. The molecule has 0 aliphatic carbocycles. The van der Waals surface area contributed by atoms with Crippen LogP contribution in [0.1, 0.15) is 33.6 Å². The van der Waals surface area contributed by atoms with Gasteiger partial charge >= 0.3 is 5.97 Å². The zero-order valence-corrected chi connectivity index (χ0v) is 18.4. The minimum atomic E-state index is -1.70. The van der Waals surface area contributed by atoms with Gasteiger partial charge in [0.05, 0.1) is 0 Å². The molecule has 1 aliphatic rings. The van der Waals surface area contributed by atoms with Crippen LogP contribution in [0.3, 0.4) is 0 Å². The van der Waals surface area contributed by atoms with E-state index in [0.717, 1.165) is 0 Å². The average molecular weight is 458 g/mol. The second-order valence-corrected chi connectivity index (χ2v) is 9.38. The molecule has 0 spiro atoms. The SMILES string of the molecule is C=CNC(C(=O)NC(C)C(=O)N1CCCC(C(=O)OCC(Cl)(Cl)Cl)N1)C(C)C. The third-order valence-electron chi connectivity index (χ3n) is 4.09. The third kappa shape index (κ3) is 8.03. The van der Waals surface area contributed by atoms with Gasteiger partial charge in [-0.2, -0.15) is 0 Å². The molecule has 1 heterocycles. The first-order valence-electron chi connectivity index (χ1n) is 8.94. The third-order valence-corrected chi connectivity index (χ3v) is 4.42. The second kappa shape index (κ2) is 11.1. The van der Waals surface area contributed by atoms with Crippen LogP contribution in [0.25, 0.3) is 0 Å². The predicted molar refractivity (Wildman–Crippen MR) is 109 cm³/mol. The summed E-state index contributed by atoms with van der Waals surface area (Å²) in [6, 6.07) is -2.03. The van der Waals surface area contributed by atoms with Gasteiger partial charge in [-0.1, -0.05) is 55.2 Å². The summed E-state index contributed by atoms with van der Waals surface area (Å²) in [4.78, 5) is 37.2. The molecule has 1 saturated heterocycles. The van der Waals surface area contributed by atoms with Crippen molar-refractivity contribution in [2.45, 2.75) is 55.5 Å². The average Bonchev–Trinajstić information content (AvgIpc) is 2.62. The van der Waals surface area contributed by atoms with E-state index in [1.165, 1.54) is 11.2 Å². The summed E-state index contributed by atoms with van der Waals surface area (Å²) in [6.07, 6.45) is 2.50. The Morgan fingerprint density at radius 2 is 1.96 bits per heavy atom. The smallest absolute Gasteiger partial charge is 0.325 e. The van der Waals surface area contributed by atoms with Crippen molar-refractivity contribution in [3.8, 4) is 0 Å². The molecule has 1 rings (SSSR count). The number of amides is 2. The van der Waals surface area contributed by atoms with Crippen molar-refractivity contribution < 1.29 is 19.1 Å². The van der Waals surface area contributed by atoms with Crippen LogP contribution in [0.15, 0.2) is 12.8 Å². The molecule has 1 aliphatic heterocycles. The first-order valence-corrected chi connectivity index (χ1v) is 10.1. The number of hydrogen-bond acceptors (Lipinski definition) is 6. The van der Waals surface area contributed by atoms with Crippen molar-refractivity contribution in [2.24, 2.45) is 5.92 Å². The number of nitrogens with one attached hydrogen (secondary N) is 3. The van der Waals surface area contributed by atoms with Crippen LogP contribution in [0.2, 0.25) is 0 Å². The molecular formula is C17H27Cl3N4O4. The molecule has 11 heteroatoms. The number of hydrazine groups is 1. The molecule has 3 unspecified atom stereocenters. The maximum Gasteiger partial charge on any atom is 0.325 e. The summed E-state index contributed by atoms with van der Waals surface area (Å²) in [7, 11) is 0. The van der Waals surface area contributed by atoms with Crippen LogP contribution < -0.4 is 16.1 Å². The summed E-state index contributed by atoms with van der Waals surface area (Å²) < 4.78 is 3.26. The van der Waals surface area contributed by atoms with Crippen molar-refractivity contribution in [1.82, 2.24) is 21.1 Å². The van der Waals surface area contributed by atoms with Gasteiger partial charge in [0.15, 0.2) is 0 Å². The summed E-state index contributed by atoms with van der Waals surface area (Å²) in [5.41, 5.74) is 2.82. The Bertz CT molecular complexity index is 583. The zero-order valence-electron chi connectivity index (χ0n) is 16.1. The standard InChI is InChI=1S/C17H27Cl3N4O4/c1-5-21-13(10(2)3)14(25)22-11(4)15(26)24-8-6-7-12(23-24)16(27)28-9-17(18,19)20/h5,10-13,21,23H,1,6-9H2,2-4H3,(H,22,25). The van der Waals surface area contributed by atoms with E-state index in [2.05, 4.69) is 22.6 Å². The van der Waals surface area contributed by atoms with Crippen molar-refractivity contribution in [3.05, 3.63) is 12.8 Å². The number of halogens is 3. The molecule has 0 radical (unpaired) electrons. The molecule has 3 N–H and O–H groups in total. The predicted octanol–water partition coefficient (Wildman–Crippen LogP) is 1.66.